The van der Waals surface area contributed by atoms with Crippen molar-refractivity contribution in [2.24, 2.45) is 0 Å². The molecule has 2 rings (SSSR count). The minimum atomic E-state index is -0.741. The predicted molar refractivity (Wildman–Crippen MR) is 94.7 cm³/mol. The molecule has 116 valence electrons. The van der Waals surface area contributed by atoms with E-state index in [4.69, 9.17) is 5.41 Å². The first kappa shape index (κ1) is 16.6. The number of carbonyl (C=O) groups excluding carboxylic acids is 2. The molecule has 0 saturated heterocycles. The summed E-state index contributed by atoms with van der Waals surface area (Å²) in [6.45, 7) is 0. The molecule has 6 heteroatoms. The number of halogens is 1. The maximum Gasteiger partial charge on any atom is 0.277 e. The van der Waals surface area contributed by atoms with Crippen molar-refractivity contribution in [2.75, 3.05) is 10.6 Å². The molecule has 0 aliphatic rings. The van der Waals surface area contributed by atoms with Crippen LogP contribution in [-0.4, -0.2) is 17.4 Å². The SMILES string of the molecule is N=C(C(=O)/C=C\Nc1ccc(Br)cc1)C(=O)Nc1ccccc1. The Kier molecular flexibility index (Phi) is 5.82. The average Bonchev–Trinajstić information content (AvgIpc) is 2.56. The highest BCUT2D eigenvalue weighted by atomic mass is 79.9. The highest BCUT2D eigenvalue weighted by Crippen LogP contribution is 2.13. The van der Waals surface area contributed by atoms with Gasteiger partial charge in [0.05, 0.1) is 0 Å². The van der Waals surface area contributed by atoms with Crippen LogP contribution in [0.15, 0.2) is 71.3 Å². The van der Waals surface area contributed by atoms with Crippen LogP contribution in [-0.2, 0) is 9.59 Å². The van der Waals surface area contributed by atoms with Gasteiger partial charge in [0.2, 0.25) is 5.78 Å². The molecule has 0 fully saturated rings. The molecule has 0 spiro atoms. The molecule has 0 saturated carbocycles. The second-order valence-corrected chi connectivity index (χ2v) is 5.46. The maximum absolute atomic E-state index is 11.8. The van der Waals surface area contributed by atoms with Crippen LogP contribution in [0.5, 0.6) is 0 Å². The van der Waals surface area contributed by atoms with Gasteiger partial charge in [-0.05, 0) is 36.4 Å². The van der Waals surface area contributed by atoms with Crippen LogP contribution < -0.4 is 10.6 Å². The first-order valence-electron chi connectivity index (χ1n) is 6.74. The van der Waals surface area contributed by atoms with Gasteiger partial charge in [-0.2, -0.15) is 0 Å². The van der Waals surface area contributed by atoms with Crippen molar-refractivity contribution in [3.05, 3.63) is 71.3 Å². The molecule has 2 aromatic rings. The third-order valence-electron chi connectivity index (χ3n) is 2.83. The summed E-state index contributed by atoms with van der Waals surface area (Å²) in [7, 11) is 0. The van der Waals surface area contributed by atoms with Gasteiger partial charge in [0.1, 0.15) is 0 Å². The topological polar surface area (TPSA) is 82.1 Å². The molecule has 0 unspecified atom stereocenters. The van der Waals surface area contributed by atoms with Gasteiger partial charge in [-0.25, -0.2) is 0 Å². The molecular weight excluding hydrogens is 358 g/mol. The van der Waals surface area contributed by atoms with E-state index in [2.05, 4.69) is 26.6 Å². The molecule has 0 atom stereocenters. The first-order valence-corrected chi connectivity index (χ1v) is 7.53. The fourth-order valence-electron chi connectivity index (χ4n) is 1.67. The minimum absolute atomic E-state index is 0.534. The quantitative estimate of drug-likeness (QED) is 0.412. The minimum Gasteiger partial charge on any atom is -0.362 e. The summed E-state index contributed by atoms with van der Waals surface area (Å²) in [5.41, 5.74) is 0.701. The van der Waals surface area contributed by atoms with Crippen molar-refractivity contribution in [1.82, 2.24) is 0 Å². The van der Waals surface area contributed by atoms with Crippen molar-refractivity contribution >= 4 is 44.7 Å². The number of para-hydroxylation sites is 1. The number of nitrogens with one attached hydrogen (secondary N) is 3. The molecule has 2 aromatic carbocycles. The van der Waals surface area contributed by atoms with E-state index < -0.39 is 17.4 Å². The molecule has 5 nitrogen and oxygen atoms in total. The van der Waals surface area contributed by atoms with Gasteiger partial charge in [-0.15, -0.1) is 0 Å². The zero-order valence-electron chi connectivity index (χ0n) is 12.0. The number of rotatable bonds is 6. The molecule has 0 aliphatic heterocycles. The fourth-order valence-corrected chi connectivity index (χ4v) is 1.93. The lowest BCUT2D eigenvalue weighted by molar-refractivity contribution is -0.113. The Morgan fingerprint density at radius 3 is 2.26 bits per heavy atom. The number of anilines is 2. The monoisotopic (exact) mass is 371 g/mol. The standard InChI is InChI=1S/C17H14BrN3O2/c18-12-6-8-13(9-7-12)20-11-10-15(22)16(19)17(23)21-14-4-2-1-3-5-14/h1-11,19-20H,(H,21,23)/b11-10-,19-16?. The number of carbonyl (C=O) groups is 2. The Labute approximate surface area is 142 Å². The lowest BCUT2D eigenvalue weighted by atomic mass is 10.2. The first-order chi connectivity index (χ1) is 11.1. The van der Waals surface area contributed by atoms with E-state index in [-0.39, 0.29) is 0 Å². The summed E-state index contributed by atoms with van der Waals surface area (Å²) in [6, 6.07) is 16.0. The molecule has 0 heterocycles. The normalized spacial score (nSPS) is 10.3. The van der Waals surface area contributed by atoms with Crippen molar-refractivity contribution in [2.45, 2.75) is 0 Å². The Morgan fingerprint density at radius 1 is 0.957 bits per heavy atom. The van der Waals surface area contributed by atoms with Gasteiger partial charge in [-0.1, -0.05) is 34.1 Å². The molecule has 0 aromatic heterocycles. The van der Waals surface area contributed by atoms with Crippen LogP contribution in [0.25, 0.3) is 0 Å². The second kappa shape index (κ2) is 8.05. The second-order valence-electron chi connectivity index (χ2n) is 4.54. The lowest BCUT2D eigenvalue weighted by Gasteiger charge is -2.04. The van der Waals surface area contributed by atoms with Crippen molar-refractivity contribution in [3.63, 3.8) is 0 Å². The third-order valence-corrected chi connectivity index (χ3v) is 3.36. The summed E-state index contributed by atoms with van der Waals surface area (Å²) in [5, 5.41) is 13.0. The van der Waals surface area contributed by atoms with Crippen molar-refractivity contribution in [3.8, 4) is 0 Å². The number of allylic oxidation sites excluding steroid dienone is 1. The number of benzene rings is 2. The largest absolute Gasteiger partial charge is 0.362 e. The molecule has 23 heavy (non-hydrogen) atoms. The summed E-state index contributed by atoms with van der Waals surface area (Å²) < 4.78 is 0.947. The fraction of sp³-hybridized carbons (Fsp3) is 0. The zero-order chi connectivity index (χ0) is 16.7. The van der Waals surface area contributed by atoms with E-state index in [1.165, 1.54) is 6.20 Å². The number of ketones is 1. The van der Waals surface area contributed by atoms with Crippen LogP contribution in [0, 0.1) is 5.41 Å². The van der Waals surface area contributed by atoms with E-state index in [1.807, 2.05) is 30.3 Å². The molecule has 0 bridgehead atoms. The van der Waals surface area contributed by atoms with E-state index in [9.17, 15) is 9.59 Å². The number of amides is 1. The molecular formula is C17H14BrN3O2. The van der Waals surface area contributed by atoms with E-state index in [0.717, 1.165) is 16.2 Å². The molecule has 0 radical (unpaired) electrons. The van der Waals surface area contributed by atoms with Gasteiger partial charge in [0.25, 0.3) is 5.91 Å². The average molecular weight is 372 g/mol. The van der Waals surface area contributed by atoms with Crippen LogP contribution in [0.1, 0.15) is 0 Å². The Balaban J connectivity index is 1.89. The number of hydrogen-bond acceptors (Lipinski definition) is 4. The van der Waals surface area contributed by atoms with Gasteiger partial charge in [-0.3, -0.25) is 15.0 Å². The van der Waals surface area contributed by atoms with Crippen molar-refractivity contribution < 1.29 is 9.59 Å². The Morgan fingerprint density at radius 2 is 1.61 bits per heavy atom. The highest BCUT2D eigenvalue weighted by molar-refractivity contribution is 9.10. The molecule has 0 aliphatic carbocycles. The molecule has 3 N–H and O–H groups in total. The maximum atomic E-state index is 11.8. The van der Waals surface area contributed by atoms with Crippen LogP contribution in [0.3, 0.4) is 0 Å². The Bertz CT molecular complexity index is 740. The van der Waals surface area contributed by atoms with Gasteiger partial charge < -0.3 is 10.6 Å². The number of hydrogen-bond donors (Lipinski definition) is 3. The molecule has 1 amide bonds. The highest BCUT2D eigenvalue weighted by Gasteiger charge is 2.15. The van der Waals surface area contributed by atoms with E-state index >= 15 is 0 Å². The third kappa shape index (κ3) is 5.19. The predicted octanol–water partition coefficient (Wildman–Crippen LogP) is 3.60. The van der Waals surface area contributed by atoms with Crippen LogP contribution in [0.2, 0.25) is 0 Å². The summed E-state index contributed by atoms with van der Waals surface area (Å²) >= 11 is 3.33. The van der Waals surface area contributed by atoms with Crippen molar-refractivity contribution in [1.29, 1.82) is 5.41 Å². The van der Waals surface area contributed by atoms with E-state index in [1.54, 1.807) is 24.3 Å². The summed E-state index contributed by atoms with van der Waals surface area (Å²) in [4.78, 5) is 23.6. The lowest BCUT2D eigenvalue weighted by Crippen LogP contribution is -2.28. The summed E-state index contributed by atoms with van der Waals surface area (Å²) in [6.07, 6.45) is 2.55. The van der Waals surface area contributed by atoms with Gasteiger partial charge in [0, 0.05) is 28.1 Å². The van der Waals surface area contributed by atoms with Crippen LogP contribution >= 0.6 is 15.9 Å². The Hall–Kier alpha value is -2.73. The van der Waals surface area contributed by atoms with E-state index in [0.29, 0.717) is 5.69 Å². The smallest absolute Gasteiger partial charge is 0.277 e. The summed E-state index contributed by atoms with van der Waals surface area (Å²) in [5.74, 6) is -1.42. The van der Waals surface area contributed by atoms with Crippen LogP contribution in [0.4, 0.5) is 11.4 Å². The van der Waals surface area contributed by atoms with Gasteiger partial charge in [0.15, 0.2) is 5.71 Å². The van der Waals surface area contributed by atoms with Gasteiger partial charge >= 0.3 is 0 Å². The zero-order valence-corrected chi connectivity index (χ0v) is 13.6.